The van der Waals surface area contributed by atoms with E-state index >= 15 is 0 Å². The van der Waals surface area contributed by atoms with Gasteiger partial charge in [-0.1, -0.05) is 30.7 Å². The molecule has 4 unspecified atom stereocenters. The van der Waals surface area contributed by atoms with E-state index in [1.165, 1.54) is 21.3 Å². The summed E-state index contributed by atoms with van der Waals surface area (Å²) in [4.78, 5) is 0. The highest BCUT2D eigenvalue weighted by molar-refractivity contribution is 6.30. The standard InChI is InChI=1S/C25H21ClN4O5/c1-14-24(13-29)22(30)35-25(14,15-5-7-16(26)8-6-15)34-21(23(24,11-27)12-28)20-18(32-3)9-17(31-2)10-19(20)33-4/h5-10,14,21,30H,1-4H3. The second-order valence-electron chi connectivity index (χ2n) is 8.22. The quantitative estimate of drug-likeness (QED) is 0.643. The van der Waals surface area contributed by atoms with E-state index in [-0.39, 0.29) is 17.1 Å². The van der Waals surface area contributed by atoms with E-state index in [9.17, 15) is 15.8 Å². The molecule has 0 radical (unpaired) electrons. The molecule has 4 rings (SSSR count). The van der Waals surface area contributed by atoms with Crippen LogP contribution in [0.4, 0.5) is 0 Å². The Morgan fingerprint density at radius 3 is 1.97 bits per heavy atom. The number of halogens is 1. The smallest absolute Gasteiger partial charge is 0.244 e. The number of nitriles is 3. The molecule has 2 saturated heterocycles. The lowest BCUT2D eigenvalue weighted by molar-refractivity contribution is -0.289. The number of benzene rings is 2. The number of rotatable bonds is 5. The topological polar surface area (TPSA) is 141 Å². The fraction of sp³-hybridized carbons (Fsp3) is 0.360. The second kappa shape index (κ2) is 8.36. The molecular weight excluding hydrogens is 472 g/mol. The molecule has 0 aliphatic carbocycles. The lowest BCUT2D eigenvalue weighted by Crippen LogP contribution is -2.57. The van der Waals surface area contributed by atoms with Gasteiger partial charge in [0, 0.05) is 22.7 Å². The maximum atomic E-state index is 10.5. The summed E-state index contributed by atoms with van der Waals surface area (Å²) >= 11 is 6.08. The van der Waals surface area contributed by atoms with Crippen molar-refractivity contribution in [3.63, 3.8) is 0 Å². The van der Waals surface area contributed by atoms with Crippen molar-refractivity contribution in [3.8, 4) is 35.5 Å². The summed E-state index contributed by atoms with van der Waals surface area (Å²) in [6.45, 7) is 1.63. The Morgan fingerprint density at radius 1 is 0.943 bits per heavy atom. The Hall–Kier alpha value is -3.97. The number of hydrogen-bond acceptors (Lipinski definition) is 9. The van der Waals surface area contributed by atoms with Crippen molar-refractivity contribution in [3.05, 3.63) is 52.5 Å². The van der Waals surface area contributed by atoms with Crippen molar-refractivity contribution in [1.29, 1.82) is 21.2 Å². The van der Waals surface area contributed by atoms with Crippen molar-refractivity contribution in [2.24, 2.45) is 16.7 Å². The molecule has 2 fully saturated rings. The van der Waals surface area contributed by atoms with Crippen molar-refractivity contribution in [2.75, 3.05) is 21.3 Å². The van der Waals surface area contributed by atoms with Crippen molar-refractivity contribution >= 4 is 17.5 Å². The lowest BCUT2D eigenvalue weighted by atomic mass is 9.53. The molecule has 0 aromatic heterocycles. The molecule has 2 aliphatic rings. The minimum Gasteiger partial charge on any atom is -0.496 e. The van der Waals surface area contributed by atoms with Gasteiger partial charge < -0.3 is 23.7 Å². The maximum absolute atomic E-state index is 10.5. The molecule has 10 heteroatoms. The highest BCUT2D eigenvalue weighted by atomic mass is 35.5. The predicted molar refractivity (Wildman–Crippen MR) is 123 cm³/mol. The number of methoxy groups -OCH3 is 3. The summed E-state index contributed by atoms with van der Waals surface area (Å²) in [5.41, 5.74) is -3.49. The number of fused-ring (bicyclic) bond motifs is 2. The normalized spacial score (nSPS) is 28.1. The summed E-state index contributed by atoms with van der Waals surface area (Å²) in [5.74, 6) is -2.30. The first-order valence-electron chi connectivity index (χ1n) is 10.5. The predicted octanol–water partition coefficient (Wildman–Crippen LogP) is 4.48. The van der Waals surface area contributed by atoms with Crippen LogP contribution in [0.3, 0.4) is 0 Å². The van der Waals surface area contributed by atoms with Gasteiger partial charge in [0.25, 0.3) is 0 Å². The molecule has 2 bridgehead atoms. The monoisotopic (exact) mass is 492 g/mol. The van der Waals surface area contributed by atoms with Crippen LogP contribution in [-0.4, -0.2) is 27.2 Å². The first kappa shape index (κ1) is 24.2. The maximum Gasteiger partial charge on any atom is 0.244 e. The minimum atomic E-state index is -2.19. The average molecular weight is 493 g/mol. The van der Waals surface area contributed by atoms with Crippen LogP contribution < -0.4 is 14.2 Å². The Morgan fingerprint density at radius 2 is 1.51 bits per heavy atom. The summed E-state index contributed by atoms with van der Waals surface area (Å²) in [7, 11) is 4.29. The molecule has 178 valence electrons. The number of nitrogens with one attached hydrogen (secondary N) is 1. The largest absolute Gasteiger partial charge is 0.496 e. The molecule has 9 nitrogen and oxygen atoms in total. The Labute approximate surface area is 207 Å². The molecule has 2 aromatic carbocycles. The van der Waals surface area contributed by atoms with Crippen LogP contribution in [0.15, 0.2) is 36.4 Å². The van der Waals surface area contributed by atoms with Crippen LogP contribution in [-0.2, 0) is 15.3 Å². The van der Waals surface area contributed by atoms with Gasteiger partial charge in [-0.05, 0) is 12.1 Å². The molecule has 2 aromatic rings. The van der Waals surface area contributed by atoms with Crippen LogP contribution in [0.1, 0.15) is 24.2 Å². The molecule has 35 heavy (non-hydrogen) atoms. The van der Waals surface area contributed by atoms with Gasteiger partial charge in [0.1, 0.15) is 23.4 Å². The molecular formula is C25H21ClN4O5. The van der Waals surface area contributed by atoms with Gasteiger partial charge >= 0.3 is 0 Å². The highest BCUT2D eigenvalue weighted by Gasteiger charge is 2.80. The second-order valence-corrected chi connectivity index (χ2v) is 8.66. The third-order valence-electron chi connectivity index (χ3n) is 6.93. The number of hydrogen-bond donors (Lipinski definition) is 1. The zero-order valence-corrected chi connectivity index (χ0v) is 20.1. The first-order chi connectivity index (χ1) is 16.7. The van der Waals surface area contributed by atoms with E-state index in [0.717, 1.165) is 0 Å². The molecule has 0 amide bonds. The van der Waals surface area contributed by atoms with Gasteiger partial charge in [-0.25, -0.2) is 0 Å². The van der Waals surface area contributed by atoms with Gasteiger partial charge in [-0.2, -0.15) is 15.8 Å². The summed E-state index contributed by atoms with van der Waals surface area (Å²) in [6.07, 6.45) is -1.41. The van der Waals surface area contributed by atoms with Gasteiger partial charge in [-0.15, -0.1) is 0 Å². The number of ether oxygens (including phenoxy) is 5. The SMILES string of the molecule is COc1cc(OC)c(C2OC3(c4ccc(Cl)cc4)OC(=N)C(C#N)(C3C)C2(C#N)C#N)c(OC)c1. The van der Waals surface area contributed by atoms with Crippen molar-refractivity contribution in [1.82, 2.24) is 0 Å². The lowest BCUT2D eigenvalue weighted by Gasteiger charge is -2.49. The molecule has 1 N–H and O–H groups in total. The Balaban J connectivity index is 2.10. The van der Waals surface area contributed by atoms with E-state index in [0.29, 0.717) is 16.3 Å². The van der Waals surface area contributed by atoms with E-state index in [4.69, 9.17) is 40.7 Å². The van der Waals surface area contributed by atoms with Gasteiger partial charge in [0.15, 0.2) is 5.41 Å². The van der Waals surface area contributed by atoms with E-state index in [2.05, 4.69) is 6.07 Å². The van der Waals surface area contributed by atoms with Gasteiger partial charge in [0.2, 0.25) is 17.1 Å². The van der Waals surface area contributed by atoms with Gasteiger partial charge in [-0.3, -0.25) is 5.41 Å². The van der Waals surface area contributed by atoms with Crippen LogP contribution in [0.2, 0.25) is 5.02 Å². The van der Waals surface area contributed by atoms with Crippen LogP contribution in [0.5, 0.6) is 17.2 Å². The Kier molecular flexibility index (Phi) is 5.77. The summed E-state index contributed by atoms with van der Waals surface area (Å²) in [6, 6.07) is 15.8. The van der Waals surface area contributed by atoms with Crippen LogP contribution in [0, 0.1) is 56.2 Å². The zero-order valence-electron chi connectivity index (χ0n) is 19.4. The zero-order chi connectivity index (χ0) is 25.6. The first-order valence-corrected chi connectivity index (χ1v) is 10.9. The molecule has 2 heterocycles. The third-order valence-corrected chi connectivity index (χ3v) is 7.18. The average Bonchev–Trinajstić information content (AvgIpc) is 3.04. The Bertz CT molecular complexity index is 1290. The van der Waals surface area contributed by atoms with Crippen LogP contribution in [0.25, 0.3) is 0 Å². The fourth-order valence-corrected chi connectivity index (χ4v) is 5.23. The minimum absolute atomic E-state index is 0.209. The summed E-state index contributed by atoms with van der Waals surface area (Å²) < 4.78 is 29.0. The van der Waals surface area contributed by atoms with E-state index in [1.807, 2.05) is 12.1 Å². The van der Waals surface area contributed by atoms with Gasteiger partial charge in [0.05, 0.1) is 51.0 Å². The third kappa shape index (κ3) is 2.91. The van der Waals surface area contributed by atoms with Crippen molar-refractivity contribution in [2.45, 2.75) is 18.8 Å². The van der Waals surface area contributed by atoms with Crippen LogP contribution >= 0.6 is 11.6 Å². The fourth-order valence-electron chi connectivity index (χ4n) is 5.10. The highest BCUT2D eigenvalue weighted by Crippen LogP contribution is 2.70. The molecule has 0 spiro atoms. The summed E-state index contributed by atoms with van der Waals surface area (Å²) in [5, 5.41) is 40.6. The molecule has 4 atom stereocenters. The molecule has 2 aliphatic heterocycles. The molecule has 0 saturated carbocycles. The van der Waals surface area contributed by atoms with Crippen molar-refractivity contribution < 1.29 is 23.7 Å². The van der Waals surface area contributed by atoms with E-state index < -0.39 is 34.5 Å². The number of nitrogens with zero attached hydrogens (tertiary/aromatic N) is 3. The van der Waals surface area contributed by atoms with E-state index in [1.54, 1.807) is 43.3 Å².